The van der Waals surface area contributed by atoms with Crippen molar-refractivity contribution in [3.8, 4) is 23.7 Å². The number of aromatic amines is 1. The molecular weight excluding hydrogens is 1050 g/mol. The Kier molecular flexibility index (Phi) is 16.8. The largest absolute Gasteiger partial charge is 0.416 e. The van der Waals surface area contributed by atoms with E-state index in [0.717, 1.165) is 55.0 Å². The smallest absolute Gasteiger partial charge is 0.383 e. The Morgan fingerprint density at radius 3 is 1.51 bits per heavy atom. The number of hydrogen-bond acceptors (Lipinski definition) is 12. The number of nitrogens with zero attached hydrogens (tertiary/aromatic N) is 9. The number of aromatic nitrogens is 6. The number of pyridine rings is 2. The second kappa shape index (κ2) is 23.9. The topological polar surface area (TPSA) is 195 Å². The third-order valence-corrected chi connectivity index (χ3v) is 14.3. The number of anilines is 4. The molecule has 0 saturated carbocycles. The molecule has 2 aliphatic heterocycles. The normalized spacial score (nSPS) is 14.6. The third kappa shape index (κ3) is 13.6. The van der Waals surface area contributed by atoms with Crippen LogP contribution in [-0.2, 0) is 32.5 Å². The molecule has 22 heteroatoms. The molecule has 16 nitrogen and oxygen atoms in total. The van der Waals surface area contributed by atoms with Crippen LogP contribution in [0.25, 0.3) is 22.1 Å². The van der Waals surface area contributed by atoms with Crippen molar-refractivity contribution >= 4 is 56.9 Å². The number of carbonyl (C=O) groups is 2. The van der Waals surface area contributed by atoms with Gasteiger partial charge in [0.2, 0.25) is 0 Å². The van der Waals surface area contributed by atoms with Gasteiger partial charge in [-0.2, -0.15) is 26.3 Å². The van der Waals surface area contributed by atoms with Crippen molar-refractivity contribution in [2.24, 2.45) is 7.05 Å². The van der Waals surface area contributed by atoms with Crippen molar-refractivity contribution in [2.75, 3.05) is 88.6 Å². The van der Waals surface area contributed by atoms with Gasteiger partial charge in [-0.3, -0.25) is 19.4 Å². The number of H-pyrrole nitrogens is 1. The lowest BCUT2D eigenvalue weighted by Crippen LogP contribution is -2.44. The summed E-state index contributed by atoms with van der Waals surface area (Å²) in [5.41, 5.74) is 18.0. The molecule has 6 heterocycles. The van der Waals surface area contributed by atoms with Gasteiger partial charge < -0.3 is 41.5 Å². The number of carbonyl (C=O) groups excluding carboxylic acids is 2. The summed E-state index contributed by atoms with van der Waals surface area (Å²) < 4.78 is 85.6. The van der Waals surface area contributed by atoms with Crippen molar-refractivity contribution in [1.29, 1.82) is 0 Å². The van der Waals surface area contributed by atoms with E-state index in [-0.39, 0.29) is 58.4 Å². The molecule has 2 amide bonds. The first-order chi connectivity index (χ1) is 38.6. The van der Waals surface area contributed by atoms with E-state index >= 15 is 0 Å². The van der Waals surface area contributed by atoms with Crippen LogP contribution in [0.1, 0.15) is 76.4 Å². The fraction of sp³-hybridized carbons (Fsp3) is 0.288. The molecule has 0 bridgehead atoms. The fourth-order valence-corrected chi connectivity index (χ4v) is 9.34. The number of nitrogens with two attached hydrogens (primary N) is 2. The Morgan fingerprint density at radius 2 is 1.04 bits per heavy atom. The predicted octanol–water partition coefficient (Wildman–Crippen LogP) is 8.54. The van der Waals surface area contributed by atoms with Crippen LogP contribution in [0.15, 0.2) is 97.8 Å². The number of imidazole rings is 2. The Balaban J connectivity index is 0.000000196. The second-order valence-corrected chi connectivity index (χ2v) is 20.2. The quantitative estimate of drug-likeness (QED) is 0.0720. The summed E-state index contributed by atoms with van der Waals surface area (Å²) in [6.07, 6.45) is -2.73. The molecule has 4 aromatic heterocycles. The second-order valence-electron chi connectivity index (χ2n) is 20.2. The number of hydrogen-bond donors (Lipinski definition) is 5. The van der Waals surface area contributed by atoms with Crippen LogP contribution < -0.4 is 22.1 Å². The van der Waals surface area contributed by atoms with Crippen LogP contribution in [0, 0.1) is 37.5 Å². The van der Waals surface area contributed by atoms with Gasteiger partial charge in [-0.15, -0.1) is 0 Å². The van der Waals surface area contributed by atoms with Crippen molar-refractivity contribution < 1.29 is 35.9 Å². The average molecular weight is 1110 g/mol. The predicted molar refractivity (Wildman–Crippen MR) is 300 cm³/mol. The number of rotatable bonds is 8. The lowest BCUT2D eigenvalue weighted by Gasteiger charge is -2.33. The number of nitrogen functional groups attached to an aromatic ring is 2. The first-order valence-corrected chi connectivity index (χ1v) is 25.8. The molecule has 4 aromatic carbocycles. The van der Waals surface area contributed by atoms with E-state index < -0.39 is 35.3 Å². The van der Waals surface area contributed by atoms with Crippen molar-refractivity contribution in [1.82, 2.24) is 49.1 Å². The number of fused-ring (bicyclic) bond motifs is 2. The SMILES string of the molecule is Cc1ccc(C(=O)Nc2ccc(CN3CCN(C)CC3)c(C(F)(F)F)c2)cc1C#Cc1c(N)ncc2[nH]cnc12.Cc1ccc(C(=O)Nc2ccc(CN3CCN(C)CC3)c(C(F)(F)F)c2)cc1C#Cc1c(N)ncc2c1ncn2C. The monoisotopic (exact) mass is 1110 g/mol. The Bertz CT molecular complexity index is 3790. The van der Waals surface area contributed by atoms with Crippen LogP contribution in [0.4, 0.5) is 49.4 Å². The highest BCUT2D eigenvalue weighted by atomic mass is 19.4. The summed E-state index contributed by atoms with van der Waals surface area (Å²) in [5, 5.41) is 5.22. The van der Waals surface area contributed by atoms with E-state index in [1.165, 1.54) is 30.6 Å². The van der Waals surface area contributed by atoms with Gasteiger partial charge in [0.25, 0.3) is 11.8 Å². The van der Waals surface area contributed by atoms with Crippen molar-refractivity contribution in [3.63, 3.8) is 0 Å². The number of halogens is 6. The maximum absolute atomic E-state index is 14.0. The highest BCUT2D eigenvalue weighted by Crippen LogP contribution is 2.36. The summed E-state index contributed by atoms with van der Waals surface area (Å²) in [5.74, 6) is 11.5. The molecule has 0 aliphatic carbocycles. The van der Waals surface area contributed by atoms with Crippen molar-refractivity contribution in [2.45, 2.75) is 39.3 Å². The Hall–Kier alpha value is -8.80. The average Bonchev–Trinajstić information content (AvgIpc) is 4.15. The summed E-state index contributed by atoms with van der Waals surface area (Å²) in [7, 11) is 5.83. The first-order valence-electron chi connectivity index (χ1n) is 25.8. The molecule has 0 unspecified atom stereocenters. The van der Waals surface area contributed by atoms with E-state index in [4.69, 9.17) is 11.5 Å². The van der Waals surface area contributed by atoms with Crippen LogP contribution in [-0.4, -0.2) is 127 Å². The molecule has 2 aliphatic rings. The summed E-state index contributed by atoms with van der Waals surface area (Å²) in [6, 6.07) is 17.8. The molecule has 81 heavy (non-hydrogen) atoms. The van der Waals surface area contributed by atoms with Gasteiger partial charge in [-0.25, -0.2) is 19.9 Å². The van der Waals surface area contributed by atoms with Gasteiger partial charge >= 0.3 is 12.4 Å². The highest BCUT2D eigenvalue weighted by molar-refractivity contribution is 6.05. The van der Waals surface area contributed by atoms with E-state index in [1.54, 1.807) is 55.1 Å². The lowest BCUT2D eigenvalue weighted by molar-refractivity contribution is -0.139. The number of nitrogens with one attached hydrogen (secondary N) is 3. The fourth-order valence-electron chi connectivity index (χ4n) is 9.34. The van der Waals surface area contributed by atoms with Gasteiger partial charge in [-0.1, -0.05) is 47.9 Å². The summed E-state index contributed by atoms with van der Waals surface area (Å²) >= 11 is 0. The van der Waals surface area contributed by atoms with E-state index in [2.05, 4.69) is 69.0 Å². The molecule has 0 atom stereocenters. The molecule has 8 aromatic rings. The minimum atomic E-state index is -4.55. The minimum absolute atomic E-state index is 0.0664. The van der Waals surface area contributed by atoms with Crippen LogP contribution in [0.5, 0.6) is 0 Å². The Morgan fingerprint density at radius 1 is 0.580 bits per heavy atom. The van der Waals surface area contributed by atoms with E-state index in [0.29, 0.717) is 65.0 Å². The standard InChI is InChI=1S/C30H30F3N7O.C29H28F3N7O/c1-19-4-5-21(14-20(19)7-9-24-27-26(16-35-28(24)34)39(3)18-36-27)29(41)37-23-8-6-22(25(15-23)30(31,32)33)17-40-12-10-38(2)11-13-40;1-18-3-4-20(13-19(18)6-8-23-26-25(35-17-36-26)15-34-27(23)33)28(40)37-22-7-5-21(24(14-22)29(30,31)32)16-39-11-9-38(2)10-12-39/h4-6,8,14-16,18H,10-13,17H2,1-3H3,(H2,34,35)(H,37,41);3-5,7,13-15,17H,9-12,16H2,1-2H3,(H2,33,34)(H,35,36)(H,37,40). The van der Waals surface area contributed by atoms with Gasteiger partial charge in [0.1, 0.15) is 22.7 Å². The number of amides is 2. The molecule has 418 valence electrons. The third-order valence-electron chi connectivity index (χ3n) is 14.3. The zero-order chi connectivity index (χ0) is 57.8. The van der Waals surface area contributed by atoms with Crippen LogP contribution >= 0.6 is 0 Å². The van der Waals surface area contributed by atoms with Crippen LogP contribution in [0.2, 0.25) is 0 Å². The lowest BCUT2D eigenvalue weighted by atomic mass is 10.0. The zero-order valence-corrected chi connectivity index (χ0v) is 45.1. The molecule has 0 radical (unpaired) electrons. The number of piperazine rings is 2. The minimum Gasteiger partial charge on any atom is -0.383 e. The zero-order valence-electron chi connectivity index (χ0n) is 45.1. The maximum Gasteiger partial charge on any atom is 0.416 e. The number of alkyl halides is 6. The van der Waals surface area contributed by atoms with E-state index in [9.17, 15) is 35.9 Å². The first kappa shape index (κ1) is 56.9. The highest BCUT2D eigenvalue weighted by Gasteiger charge is 2.36. The Labute approximate surface area is 463 Å². The molecular formula is C59H58F6N14O2. The van der Waals surface area contributed by atoms with Gasteiger partial charge in [0.15, 0.2) is 0 Å². The van der Waals surface area contributed by atoms with Crippen molar-refractivity contribution in [3.05, 3.63) is 165 Å². The van der Waals surface area contributed by atoms with Gasteiger partial charge in [-0.05, 0) is 98.7 Å². The molecule has 10 rings (SSSR count). The molecule has 7 N–H and O–H groups in total. The molecule has 0 spiro atoms. The number of benzene rings is 4. The van der Waals surface area contributed by atoms with Gasteiger partial charge in [0.05, 0.1) is 58.3 Å². The number of likely N-dealkylation sites (N-methyl/N-ethyl adjacent to an activating group) is 2. The molecule has 2 saturated heterocycles. The molecule has 2 fully saturated rings. The summed E-state index contributed by atoms with van der Waals surface area (Å²) in [4.78, 5) is 54.3. The number of aryl methyl sites for hydroxylation is 3. The maximum atomic E-state index is 14.0. The van der Waals surface area contributed by atoms with Gasteiger partial charge in [0, 0.05) is 106 Å². The van der Waals surface area contributed by atoms with Crippen LogP contribution in [0.3, 0.4) is 0 Å². The summed E-state index contributed by atoms with van der Waals surface area (Å²) in [6.45, 7) is 10.1. The van der Waals surface area contributed by atoms with E-state index in [1.807, 2.05) is 49.4 Å².